The maximum atomic E-state index is 5.52. The summed E-state index contributed by atoms with van der Waals surface area (Å²) in [4.78, 5) is 8.50. The number of thiocarbonyl (C=S) groups is 1. The summed E-state index contributed by atoms with van der Waals surface area (Å²) in [6.07, 6.45) is 0. The third-order valence-corrected chi connectivity index (χ3v) is 2.32. The van der Waals surface area contributed by atoms with E-state index in [0.717, 1.165) is 17.3 Å². The summed E-state index contributed by atoms with van der Waals surface area (Å²) in [5.41, 5.74) is 6.44. The van der Waals surface area contributed by atoms with Gasteiger partial charge in [-0.05, 0) is 26.1 Å². The molecule has 0 atom stereocenters. The second-order valence-electron chi connectivity index (χ2n) is 3.30. The smallest absolute Gasteiger partial charge is 0.185 e. The van der Waals surface area contributed by atoms with E-state index in [1.807, 2.05) is 27.0 Å². The van der Waals surface area contributed by atoms with Crippen LogP contribution in [0.1, 0.15) is 11.5 Å². The molecule has 0 saturated heterocycles. The van der Waals surface area contributed by atoms with E-state index < -0.39 is 0 Å². The van der Waals surface area contributed by atoms with Crippen LogP contribution < -0.4 is 10.7 Å². The molecule has 0 radical (unpaired) electrons. The van der Waals surface area contributed by atoms with E-state index in [4.69, 9.17) is 18.0 Å². The van der Waals surface area contributed by atoms with Gasteiger partial charge in [0.05, 0.1) is 0 Å². The first-order valence-electron chi connectivity index (χ1n) is 4.51. The molecule has 0 aliphatic rings. The Morgan fingerprint density at radius 2 is 1.93 bits per heavy atom. The van der Waals surface area contributed by atoms with Crippen LogP contribution in [0.2, 0.25) is 0 Å². The van der Waals surface area contributed by atoms with Gasteiger partial charge in [-0.25, -0.2) is 9.97 Å². The van der Waals surface area contributed by atoms with E-state index in [2.05, 4.69) is 9.97 Å². The molecule has 0 aliphatic carbocycles. The number of aryl methyl sites for hydroxylation is 2. The van der Waals surface area contributed by atoms with Crippen LogP contribution in [-0.4, -0.2) is 34.2 Å². The number of rotatable bonds is 2. The van der Waals surface area contributed by atoms with Gasteiger partial charge in [0.1, 0.15) is 5.82 Å². The van der Waals surface area contributed by atoms with Crippen molar-refractivity contribution >= 4 is 23.1 Å². The van der Waals surface area contributed by atoms with Crippen molar-refractivity contribution in [3.8, 4) is 0 Å². The van der Waals surface area contributed by atoms with Crippen molar-refractivity contribution in [3.05, 3.63) is 17.6 Å². The van der Waals surface area contributed by atoms with E-state index in [1.54, 1.807) is 17.1 Å². The Balaban J connectivity index is 3.00. The quantitative estimate of drug-likeness (QED) is 0.588. The average molecular weight is 225 g/mol. The van der Waals surface area contributed by atoms with E-state index in [0.29, 0.717) is 5.11 Å². The largest absolute Gasteiger partial charge is 0.375 e. The highest BCUT2D eigenvalue weighted by molar-refractivity contribution is 7.80. The normalized spacial score (nSPS) is 9.87. The summed E-state index contributed by atoms with van der Waals surface area (Å²) in [5, 5.41) is 3.73. The minimum Gasteiger partial charge on any atom is -0.375 e. The molecule has 1 rings (SSSR count). The van der Waals surface area contributed by atoms with Crippen LogP contribution >= 0.6 is 12.2 Å². The van der Waals surface area contributed by atoms with Crippen molar-refractivity contribution in [3.63, 3.8) is 0 Å². The average Bonchev–Trinajstić information content (AvgIpc) is 2.13. The molecular weight excluding hydrogens is 210 g/mol. The molecule has 5 nitrogen and oxygen atoms in total. The van der Waals surface area contributed by atoms with Gasteiger partial charge in [0.2, 0.25) is 0 Å². The number of anilines is 1. The summed E-state index contributed by atoms with van der Waals surface area (Å²) >= 11 is 4.88. The number of nitrogens with two attached hydrogens (primary N) is 1. The Labute approximate surface area is 94.9 Å². The molecule has 6 heteroatoms. The van der Waals surface area contributed by atoms with Crippen molar-refractivity contribution in [2.24, 2.45) is 5.73 Å². The third-order valence-electron chi connectivity index (χ3n) is 2.05. The lowest BCUT2D eigenvalue weighted by molar-refractivity contribution is 0.489. The van der Waals surface area contributed by atoms with Crippen LogP contribution in [0, 0.1) is 13.8 Å². The molecule has 15 heavy (non-hydrogen) atoms. The highest BCUT2D eigenvalue weighted by Gasteiger charge is 2.10. The molecule has 1 aromatic heterocycles. The molecule has 2 N–H and O–H groups in total. The molecule has 0 spiro atoms. The van der Waals surface area contributed by atoms with Crippen molar-refractivity contribution < 1.29 is 0 Å². The fourth-order valence-electron chi connectivity index (χ4n) is 1.16. The molecule has 0 unspecified atom stereocenters. The first kappa shape index (κ1) is 11.6. The van der Waals surface area contributed by atoms with Crippen LogP contribution in [0.15, 0.2) is 6.07 Å². The number of hydrogen-bond acceptors (Lipinski definition) is 4. The molecule has 0 aromatic carbocycles. The highest BCUT2D eigenvalue weighted by atomic mass is 32.1. The van der Waals surface area contributed by atoms with Crippen LogP contribution in [-0.2, 0) is 0 Å². The zero-order chi connectivity index (χ0) is 11.6. The lowest BCUT2D eigenvalue weighted by Gasteiger charge is -2.29. The van der Waals surface area contributed by atoms with Crippen LogP contribution in [0.3, 0.4) is 0 Å². The summed E-state index contributed by atoms with van der Waals surface area (Å²) in [6, 6.07) is 1.88. The Morgan fingerprint density at radius 3 is 2.40 bits per heavy atom. The molecule has 0 saturated carbocycles. The minimum atomic E-state index is 0.298. The topological polar surface area (TPSA) is 58.3 Å². The molecule has 0 fully saturated rings. The van der Waals surface area contributed by atoms with E-state index in [-0.39, 0.29) is 0 Å². The van der Waals surface area contributed by atoms with Gasteiger partial charge in [-0.1, -0.05) is 0 Å². The van der Waals surface area contributed by atoms with Crippen LogP contribution in [0.25, 0.3) is 0 Å². The Bertz CT molecular complexity index is 359. The van der Waals surface area contributed by atoms with Gasteiger partial charge in [-0.2, -0.15) is 0 Å². The van der Waals surface area contributed by atoms with Gasteiger partial charge >= 0.3 is 0 Å². The standard InChI is InChI=1S/C9H15N5S/c1-6-5-8(12-7(2)11-6)13(3)14(4)9(10)15/h5H,1-4H3,(H2,10,15). The maximum Gasteiger partial charge on any atom is 0.185 e. The van der Waals surface area contributed by atoms with Crippen LogP contribution in [0.4, 0.5) is 5.82 Å². The lowest BCUT2D eigenvalue weighted by Crippen LogP contribution is -2.44. The van der Waals surface area contributed by atoms with Gasteiger partial charge in [0.25, 0.3) is 0 Å². The van der Waals surface area contributed by atoms with Crippen molar-refractivity contribution in [2.45, 2.75) is 13.8 Å². The molecule has 0 amide bonds. The molecular formula is C9H15N5S. The monoisotopic (exact) mass is 225 g/mol. The molecule has 0 aliphatic heterocycles. The Morgan fingerprint density at radius 1 is 1.33 bits per heavy atom. The summed E-state index contributed by atoms with van der Waals surface area (Å²) in [6.45, 7) is 3.78. The second kappa shape index (κ2) is 4.39. The molecule has 1 heterocycles. The zero-order valence-electron chi connectivity index (χ0n) is 9.35. The fourth-order valence-corrected chi connectivity index (χ4v) is 1.29. The van der Waals surface area contributed by atoms with Crippen molar-refractivity contribution in [1.82, 2.24) is 15.0 Å². The van der Waals surface area contributed by atoms with Gasteiger partial charge < -0.3 is 5.73 Å². The molecule has 1 aromatic rings. The van der Waals surface area contributed by atoms with Gasteiger partial charge in [-0.3, -0.25) is 10.0 Å². The van der Waals surface area contributed by atoms with Crippen molar-refractivity contribution in [1.29, 1.82) is 0 Å². The fraction of sp³-hybridized carbons (Fsp3) is 0.444. The van der Waals surface area contributed by atoms with E-state index in [9.17, 15) is 0 Å². The van der Waals surface area contributed by atoms with Crippen LogP contribution in [0.5, 0.6) is 0 Å². The number of hydrogen-bond donors (Lipinski definition) is 1. The number of nitrogens with zero attached hydrogens (tertiary/aromatic N) is 4. The molecule has 82 valence electrons. The minimum absolute atomic E-state index is 0.298. The van der Waals surface area contributed by atoms with Gasteiger partial charge in [0, 0.05) is 25.9 Å². The Hall–Kier alpha value is -1.43. The summed E-state index contributed by atoms with van der Waals surface area (Å²) in [5.74, 6) is 1.50. The second-order valence-corrected chi connectivity index (χ2v) is 3.72. The third kappa shape index (κ3) is 2.76. The van der Waals surface area contributed by atoms with Crippen molar-refractivity contribution in [2.75, 3.05) is 19.1 Å². The number of aromatic nitrogens is 2. The predicted octanol–water partition coefficient (Wildman–Crippen LogP) is 0.620. The highest BCUT2D eigenvalue weighted by Crippen LogP contribution is 2.11. The Kier molecular flexibility index (Phi) is 3.41. The SMILES string of the molecule is Cc1cc(N(C)N(C)C(N)=S)nc(C)n1. The zero-order valence-corrected chi connectivity index (χ0v) is 10.2. The predicted molar refractivity (Wildman–Crippen MR) is 64.5 cm³/mol. The van der Waals surface area contributed by atoms with Gasteiger partial charge in [-0.15, -0.1) is 0 Å². The van der Waals surface area contributed by atoms with Gasteiger partial charge in [0.15, 0.2) is 10.9 Å². The van der Waals surface area contributed by atoms with E-state index in [1.165, 1.54) is 0 Å². The first-order chi connectivity index (χ1) is 6.91. The van der Waals surface area contributed by atoms with E-state index >= 15 is 0 Å². The lowest BCUT2D eigenvalue weighted by atomic mass is 10.4. The maximum absolute atomic E-state index is 5.52. The summed E-state index contributed by atoms with van der Waals surface area (Å²) < 4.78 is 0. The molecule has 0 bridgehead atoms. The first-order valence-corrected chi connectivity index (χ1v) is 4.91. The summed E-state index contributed by atoms with van der Waals surface area (Å²) in [7, 11) is 3.63. The number of hydrazine groups is 1.